The molecule has 0 nitrogen and oxygen atoms in total. The minimum atomic E-state index is 0. The summed E-state index contributed by atoms with van der Waals surface area (Å²) in [4.78, 5) is 0. The average Bonchev–Trinajstić information content (AvgIpc) is 2.33. The Labute approximate surface area is 105 Å². The van der Waals surface area contributed by atoms with Crippen LogP contribution in [0, 0.1) is 11.8 Å². The third kappa shape index (κ3) is 2.76. The van der Waals surface area contributed by atoms with Gasteiger partial charge in [-0.05, 0) is 0 Å². The molecule has 2 aliphatic rings. The maximum Gasteiger partial charge on any atom is 1.00 e. The SMILES string of the molecule is CC1CC(C)C[B-]2(CCCC2)C1.[Na+]. The summed E-state index contributed by atoms with van der Waals surface area (Å²) in [6, 6.07) is 0. The summed E-state index contributed by atoms with van der Waals surface area (Å²) in [5.74, 6) is 2.07. The molecule has 0 radical (unpaired) electrons. The Bertz CT molecular complexity index is 151. The molecule has 70 valence electrons. The van der Waals surface area contributed by atoms with Gasteiger partial charge in [0.05, 0.1) is 0 Å². The summed E-state index contributed by atoms with van der Waals surface area (Å²) >= 11 is 0. The summed E-state index contributed by atoms with van der Waals surface area (Å²) in [5.41, 5.74) is 0. The van der Waals surface area contributed by atoms with E-state index >= 15 is 0 Å². The van der Waals surface area contributed by atoms with E-state index in [0.717, 1.165) is 11.8 Å². The van der Waals surface area contributed by atoms with Gasteiger partial charge in [0.1, 0.15) is 0 Å². The van der Waals surface area contributed by atoms with Gasteiger partial charge in [-0.3, -0.25) is 0 Å². The molecule has 2 fully saturated rings. The molecule has 0 saturated carbocycles. The van der Waals surface area contributed by atoms with E-state index in [0.29, 0.717) is 0 Å². The first kappa shape index (κ1) is 12.1. The van der Waals surface area contributed by atoms with Crippen molar-refractivity contribution in [2.24, 2.45) is 11.8 Å². The summed E-state index contributed by atoms with van der Waals surface area (Å²) in [6.45, 7) is 4.94. The molecule has 0 aromatic rings. The van der Waals surface area contributed by atoms with Crippen molar-refractivity contribution in [1.82, 2.24) is 0 Å². The van der Waals surface area contributed by atoms with E-state index in [-0.39, 0.29) is 35.7 Å². The van der Waals surface area contributed by atoms with Crippen molar-refractivity contribution in [3.8, 4) is 0 Å². The van der Waals surface area contributed by atoms with Crippen LogP contribution in [0.2, 0.25) is 25.3 Å². The second-order valence-corrected chi connectivity index (χ2v) is 5.93. The monoisotopic (exact) mass is 188 g/mol. The standard InChI is InChI=1S/C11H22B.Na/c1-10-7-11(2)9-12(8-10)5-3-4-6-12;/h10-11H,3-9H2,1-2H3;/q-1;+1. The van der Waals surface area contributed by atoms with Crippen molar-refractivity contribution in [3.63, 3.8) is 0 Å². The smallest absolute Gasteiger partial charge is 0.178 e. The molecule has 0 bridgehead atoms. The van der Waals surface area contributed by atoms with Gasteiger partial charge in [-0.15, -0.1) is 0 Å². The van der Waals surface area contributed by atoms with Crippen LogP contribution < -0.4 is 29.6 Å². The van der Waals surface area contributed by atoms with E-state index in [1.807, 2.05) is 0 Å². The van der Waals surface area contributed by atoms with E-state index in [2.05, 4.69) is 13.8 Å². The predicted molar refractivity (Wildman–Crippen MR) is 57.2 cm³/mol. The largest absolute Gasteiger partial charge is 1.00 e. The number of hydrogen-bond acceptors (Lipinski definition) is 0. The van der Waals surface area contributed by atoms with Crippen LogP contribution in [-0.4, -0.2) is 6.15 Å². The maximum absolute atomic E-state index is 2.47. The van der Waals surface area contributed by atoms with Crippen LogP contribution in [0.1, 0.15) is 33.1 Å². The minimum Gasteiger partial charge on any atom is -0.178 e. The third-order valence-corrected chi connectivity index (χ3v) is 4.49. The fourth-order valence-corrected chi connectivity index (χ4v) is 4.45. The minimum absolute atomic E-state index is 0. The molecule has 0 N–H and O–H groups in total. The normalized spacial score (nSPS) is 37.4. The molecule has 13 heavy (non-hydrogen) atoms. The van der Waals surface area contributed by atoms with E-state index < -0.39 is 0 Å². The molecule has 2 heterocycles. The second kappa shape index (κ2) is 4.72. The molecule has 1 spiro atoms. The first-order valence-corrected chi connectivity index (χ1v) is 5.92. The summed E-state index contributed by atoms with van der Waals surface area (Å²) in [6.07, 6.45) is 11.2. The molecule has 2 aliphatic heterocycles. The molecular weight excluding hydrogens is 166 g/mol. The summed E-state index contributed by atoms with van der Waals surface area (Å²) < 4.78 is 0. The average molecular weight is 188 g/mol. The molecule has 2 atom stereocenters. The maximum atomic E-state index is 2.47. The van der Waals surface area contributed by atoms with Gasteiger partial charge >= 0.3 is 29.6 Å². The van der Waals surface area contributed by atoms with Gasteiger partial charge in [-0.25, -0.2) is 0 Å². The third-order valence-electron chi connectivity index (χ3n) is 4.49. The van der Waals surface area contributed by atoms with Crippen LogP contribution in [0.15, 0.2) is 0 Å². The predicted octanol–water partition coefficient (Wildman–Crippen LogP) is 0.909. The molecule has 0 aromatic heterocycles. The van der Waals surface area contributed by atoms with Crippen molar-refractivity contribution >= 4 is 6.15 Å². The fraction of sp³-hybridized carbons (Fsp3) is 1.00. The summed E-state index contributed by atoms with van der Waals surface area (Å²) in [5, 5.41) is 0. The van der Waals surface area contributed by atoms with E-state index in [4.69, 9.17) is 0 Å². The Hall–Kier alpha value is 1.06. The number of hydrogen-bond donors (Lipinski definition) is 0. The molecule has 2 heteroatoms. The molecular formula is C11H22BNa. The Kier molecular flexibility index (Phi) is 4.41. The van der Waals surface area contributed by atoms with Crippen LogP contribution in [-0.2, 0) is 0 Å². The van der Waals surface area contributed by atoms with Gasteiger partial charge in [-0.1, -0.05) is 44.9 Å². The van der Waals surface area contributed by atoms with Crippen LogP contribution in [0.4, 0.5) is 0 Å². The van der Waals surface area contributed by atoms with Crippen LogP contribution >= 0.6 is 0 Å². The van der Waals surface area contributed by atoms with Crippen molar-refractivity contribution in [2.45, 2.75) is 58.4 Å². The first-order valence-electron chi connectivity index (χ1n) is 5.92. The van der Waals surface area contributed by atoms with Crippen molar-refractivity contribution in [1.29, 1.82) is 0 Å². The summed E-state index contributed by atoms with van der Waals surface area (Å²) in [7, 11) is 0. The quantitative estimate of drug-likeness (QED) is 0.495. The Balaban J connectivity index is 0.000000845. The van der Waals surface area contributed by atoms with Gasteiger partial charge < -0.3 is 0 Å². The van der Waals surface area contributed by atoms with Crippen LogP contribution in [0.5, 0.6) is 0 Å². The van der Waals surface area contributed by atoms with Gasteiger partial charge in [0, 0.05) is 6.15 Å². The molecule has 2 rings (SSSR count). The van der Waals surface area contributed by atoms with Crippen molar-refractivity contribution < 1.29 is 29.6 Å². The molecule has 2 unspecified atom stereocenters. The zero-order chi connectivity index (χ0) is 8.60. The zero-order valence-electron chi connectivity index (χ0n) is 9.68. The Morgan fingerprint density at radius 2 is 1.38 bits per heavy atom. The van der Waals surface area contributed by atoms with E-state index in [1.54, 1.807) is 38.1 Å². The van der Waals surface area contributed by atoms with Crippen LogP contribution in [0.25, 0.3) is 0 Å². The van der Waals surface area contributed by atoms with E-state index in [1.165, 1.54) is 6.42 Å². The Morgan fingerprint density at radius 3 is 1.85 bits per heavy atom. The van der Waals surface area contributed by atoms with Crippen molar-refractivity contribution in [2.75, 3.05) is 0 Å². The van der Waals surface area contributed by atoms with Gasteiger partial charge in [0.15, 0.2) is 0 Å². The van der Waals surface area contributed by atoms with Gasteiger partial charge in [-0.2, -0.15) is 25.3 Å². The van der Waals surface area contributed by atoms with Crippen LogP contribution in [0.3, 0.4) is 0 Å². The topological polar surface area (TPSA) is 0 Å². The molecule has 2 saturated heterocycles. The Morgan fingerprint density at radius 1 is 0.923 bits per heavy atom. The molecule has 0 aliphatic carbocycles. The zero-order valence-corrected chi connectivity index (χ0v) is 11.7. The molecule has 0 amide bonds. The second-order valence-electron chi connectivity index (χ2n) is 5.93. The fourth-order valence-electron chi connectivity index (χ4n) is 4.45. The molecule has 0 aromatic carbocycles. The van der Waals surface area contributed by atoms with Crippen molar-refractivity contribution in [3.05, 3.63) is 0 Å². The first-order chi connectivity index (χ1) is 5.70. The van der Waals surface area contributed by atoms with Gasteiger partial charge in [0.25, 0.3) is 0 Å². The van der Waals surface area contributed by atoms with Gasteiger partial charge in [0.2, 0.25) is 0 Å². The van der Waals surface area contributed by atoms with E-state index in [9.17, 15) is 0 Å². The number of rotatable bonds is 0.